The first-order chi connectivity index (χ1) is 16.5. The molecule has 1 aromatic heterocycles. The molecule has 1 heterocycles. The highest BCUT2D eigenvalue weighted by Gasteiger charge is 2.28. The number of carbonyl (C=O) groups is 2. The molecule has 8 heteroatoms. The standard InChI is InChI=1S/C24H37NO2S.C4H4O4/c1-16(2)25-14-18(26)15-27-22-19(23(3,4)5)12-17(21-10-9-11-28-21)13-20(22)24(6,7)8;5-3(6)1-2-4(7)8/h9-13,16,18,25-26H,14-15H2,1-8H3;1-2H,(H,5,6)(H,7,8)/b;2-1-. The molecule has 0 fully saturated rings. The second kappa shape index (κ2) is 13.6. The zero-order valence-electron chi connectivity index (χ0n) is 22.6. The summed E-state index contributed by atoms with van der Waals surface area (Å²) in [6, 6.07) is 9.12. The van der Waals surface area contributed by atoms with Crippen LogP contribution in [0.2, 0.25) is 0 Å². The molecule has 0 aliphatic rings. The van der Waals surface area contributed by atoms with Gasteiger partial charge in [0, 0.05) is 40.7 Å². The third kappa shape index (κ3) is 10.9. The van der Waals surface area contributed by atoms with Crippen LogP contribution in [-0.2, 0) is 20.4 Å². The van der Waals surface area contributed by atoms with Gasteiger partial charge in [-0.05, 0) is 40.0 Å². The summed E-state index contributed by atoms with van der Waals surface area (Å²) in [7, 11) is 0. The first-order valence-electron chi connectivity index (χ1n) is 11.9. The Labute approximate surface area is 218 Å². The van der Waals surface area contributed by atoms with Gasteiger partial charge in [0.1, 0.15) is 18.5 Å². The van der Waals surface area contributed by atoms with Crippen LogP contribution in [0.15, 0.2) is 41.8 Å². The van der Waals surface area contributed by atoms with E-state index in [-0.39, 0.29) is 17.4 Å². The minimum Gasteiger partial charge on any atom is -0.490 e. The fourth-order valence-corrected chi connectivity index (χ4v) is 3.95. The summed E-state index contributed by atoms with van der Waals surface area (Å²) in [5, 5.41) is 31.4. The predicted molar refractivity (Wildman–Crippen MR) is 146 cm³/mol. The van der Waals surface area contributed by atoms with Crippen LogP contribution in [0.4, 0.5) is 0 Å². The molecule has 0 spiro atoms. The quantitative estimate of drug-likeness (QED) is 0.325. The molecular formula is C28H41NO6S. The summed E-state index contributed by atoms with van der Waals surface area (Å²) in [5.74, 6) is -1.59. The van der Waals surface area contributed by atoms with E-state index < -0.39 is 18.0 Å². The molecule has 36 heavy (non-hydrogen) atoms. The van der Waals surface area contributed by atoms with Crippen LogP contribution in [0.25, 0.3) is 10.4 Å². The van der Waals surface area contributed by atoms with E-state index >= 15 is 0 Å². The molecule has 0 aliphatic heterocycles. The van der Waals surface area contributed by atoms with Crippen molar-refractivity contribution in [2.75, 3.05) is 13.2 Å². The molecule has 1 unspecified atom stereocenters. The summed E-state index contributed by atoms with van der Waals surface area (Å²) in [5.41, 5.74) is 3.48. The Hall–Kier alpha value is -2.68. The van der Waals surface area contributed by atoms with E-state index in [9.17, 15) is 14.7 Å². The highest BCUT2D eigenvalue weighted by Crippen LogP contribution is 2.43. The van der Waals surface area contributed by atoms with Gasteiger partial charge in [-0.2, -0.15) is 0 Å². The number of hydrogen-bond donors (Lipinski definition) is 4. The second-order valence-corrected chi connectivity index (χ2v) is 11.9. The van der Waals surface area contributed by atoms with Crippen LogP contribution in [0, 0.1) is 0 Å². The molecule has 4 N–H and O–H groups in total. The monoisotopic (exact) mass is 519 g/mol. The first-order valence-corrected chi connectivity index (χ1v) is 12.8. The zero-order chi connectivity index (χ0) is 27.7. The average Bonchev–Trinajstić information content (AvgIpc) is 3.28. The third-order valence-corrected chi connectivity index (χ3v) is 5.98. The van der Waals surface area contributed by atoms with E-state index in [2.05, 4.69) is 90.4 Å². The van der Waals surface area contributed by atoms with Crippen molar-refractivity contribution >= 4 is 23.3 Å². The normalized spacial score (nSPS) is 12.8. The summed E-state index contributed by atoms with van der Waals surface area (Å²) in [4.78, 5) is 20.4. The molecule has 2 rings (SSSR count). The van der Waals surface area contributed by atoms with E-state index in [4.69, 9.17) is 14.9 Å². The topological polar surface area (TPSA) is 116 Å². The van der Waals surface area contributed by atoms with Gasteiger partial charge in [0.05, 0.1) is 0 Å². The van der Waals surface area contributed by atoms with Crippen molar-refractivity contribution in [1.82, 2.24) is 5.32 Å². The molecule has 0 aliphatic carbocycles. The van der Waals surface area contributed by atoms with Gasteiger partial charge in [0.15, 0.2) is 0 Å². The van der Waals surface area contributed by atoms with Crippen LogP contribution in [0.3, 0.4) is 0 Å². The van der Waals surface area contributed by atoms with E-state index in [1.165, 1.54) is 21.6 Å². The van der Waals surface area contributed by atoms with Gasteiger partial charge in [0.25, 0.3) is 0 Å². The molecule has 0 saturated carbocycles. The number of carboxylic acids is 2. The number of aliphatic hydroxyl groups excluding tert-OH is 1. The molecule has 0 amide bonds. The number of aliphatic hydroxyl groups is 1. The van der Waals surface area contributed by atoms with Gasteiger partial charge in [0.2, 0.25) is 0 Å². The summed E-state index contributed by atoms with van der Waals surface area (Å²) in [6.45, 7) is 18.3. The van der Waals surface area contributed by atoms with Gasteiger partial charge in [-0.1, -0.05) is 61.5 Å². The molecule has 1 atom stereocenters. The fraction of sp³-hybridized carbons (Fsp3) is 0.500. The van der Waals surface area contributed by atoms with Crippen LogP contribution in [0.5, 0.6) is 5.75 Å². The van der Waals surface area contributed by atoms with Crippen LogP contribution < -0.4 is 10.1 Å². The van der Waals surface area contributed by atoms with Crippen molar-refractivity contribution in [3.63, 3.8) is 0 Å². The van der Waals surface area contributed by atoms with E-state index in [0.717, 1.165) is 5.75 Å². The molecular weight excluding hydrogens is 478 g/mol. The van der Waals surface area contributed by atoms with Gasteiger partial charge in [-0.3, -0.25) is 0 Å². The minimum atomic E-state index is -1.26. The van der Waals surface area contributed by atoms with Gasteiger partial charge in [-0.15, -0.1) is 11.3 Å². The van der Waals surface area contributed by atoms with E-state index in [0.29, 0.717) is 24.7 Å². The molecule has 0 bridgehead atoms. The fourth-order valence-electron chi connectivity index (χ4n) is 3.24. The molecule has 7 nitrogen and oxygen atoms in total. The highest BCUT2D eigenvalue weighted by atomic mass is 32.1. The lowest BCUT2D eigenvalue weighted by atomic mass is 9.78. The lowest BCUT2D eigenvalue weighted by Crippen LogP contribution is -2.35. The van der Waals surface area contributed by atoms with Crippen molar-refractivity contribution in [1.29, 1.82) is 0 Å². The Morgan fingerprint density at radius 1 is 1.00 bits per heavy atom. The summed E-state index contributed by atoms with van der Waals surface area (Å²) >= 11 is 1.76. The van der Waals surface area contributed by atoms with Gasteiger partial charge in [-0.25, -0.2) is 9.59 Å². The third-order valence-electron chi connectivity index (χ3n) is 5.06. The van der Waals surface area contributed by atoms with E-state index in [1.807, 2.05) is 0 Å². The molecule has 0 radical (unpaired) electrons. The maximum absolute atomic E-state index is 10.4. The Morgan fingerprint density at radius 3 is 1.86 bits per heavy atom. The number of carboxylic acid groups (broad SMARTS) is 2. The lowest BCUT2D eigenvalue weighted by molar-refractivity contribution is -0.134. The number of nitrogens with one attached hydrogen (secondary N) is 1. The molecule has 0 saturated heterocycles. The average molecular weight is 520 g/mol. The maximum Gasteiger partial charge on any atom is 0.328 e. The number of hydrogen-bond acceptors (Lipinski definition) is 6. The van der Waals surface area contributed by atoms with Crippen LogP contribution in [-0.4, -0.2) is 52.6 Å². The maximum atomic E-state index is 10.4. The highest BCUT2D eigenvalue weighted by molar-refractivity contribution is 7.13. The first kappa shape index (κ1) is 31.4. The molecule has 200 valence electrons. The number of rotatable bonds is 9. The van der Waals surface area contributed by atoms with Crippen LogP contribution >= 0.6 is 11.3 Å². The number of thiophene rings is 1. The van der Waals surface area contributed by atoms with Gasteiger partial charge >= 0.3 is 11.9 Å². The molecule has 1 aromatic carbocycles. The SMILES string of the molecule is CC(C)NCC(O)COc1c(C(C)(C)C)cc(-c2cccs2)cc1C(C)(C)C.O=C(O)/C=C\C(=O)O. The second-order valence-electron chi connectivity index (χ2n) is 10.9. The van der Waals surface area contributed by atoms with Crippen molar-refractivity contribution in [3.05, 3.63) is 52.9 Å². The number of ether oxygens (including phenoxy) is 1. The Morgan fingerprint density at radius 2 is 1.50 bits per heavy atom. The van der Waals surface area contributed by atoms with Crippen molar-refractivity contribution in [2.24, 2.45) is 0 Å². The number of aliphatic carboxylic acids is 2. The molecule has 2 aromatic rings. The lowest BCUT2D eigenvalue weighted by Gasteiger charge is -2.31. The Balaban J connectivity index is 0.000000697. The van der Waals surface area contributed by atoms with E-state index in [1.54, 1.807) is 11.3 Å². The minimum absolute atomic E-state index is 0.0657. The van der Waals surface area contributed by atoms with Crippen LogP contribution in [0.1, 0.15) is 66.5 Å². The van der Waals surface area contributed by atoms with Crippen molar-refractivity contribution in [3.8, 4) is 16.2 Å². The Kier molecular flexibility index (Phi) is 11.8. The summed E-state index contributed by atoms with van der Waals surface area (Å²) in [6.07, 6.45) is 0.574. The smallest absolute Gasteiger partial charge is 0.328 e. The van der Waals surface area contributed by atoms with Gasteiger partial charge < -0.3 is 25.4 Å². The van der Waals surface area contributed by atoms with Crippen molar-refractivity contribution in [2.45, 2.75) is 78.4 Å². The number of benzene rings is 1. The van der Waals surface area contributed by atoms with Crippen molar-refractivity contribution < 1.29 is 29.6 Å². The summed E-state index contributed by atoms with van der Waals surface area (Å²) < 4.78 is 6.30. The largest absolute Gasteiger partial charge is 0.490 e. The zero-order valence-corrected chi connectivity index (χ0v) is 23.4. The Bertz CT molecular complexity index is 963. The predicted octanol–water partition coefficient (Wildman–Crippen LogP) is 5.46.